The van der Waals surface area contributed by atoms with Crippen molar-refractivity contribution in [3.05, 3.63) is 27.8 Å². The van der Waals surface area contributed by atoms with Crippen molar-refractivity contribution < 1.29 is 30.7 Å². The molecule has 15 heteroatoms. The number of halogens is 1. The van der Waals surface area contributed by atoms with E-state index in [9.17, 15) is 31.7 Å². The van der Waals surface area contributed by atoms with E-state index in [-0.39, 0.29) is 41.6 Å². The van der Waals surface area contributed by atoms with Gasteiger partial charge >= 0.3 is 0 Å². The van der Waals surface area contributed by atoms with Crippen molar-refractivity contribution in [1.29, 1.82) is 0 Å². The lowest BCUT2D eigenvalue weighted by Crippen LogP contribution is -2.47. The Morgan fingerprint density at radius 2 is 1.77 bits per heavy atom. The molecule has 2 rings (SSSR count). The number of carbonyl (C=O) groups is 1. The zero-order valence-electron chi connectivity index (χ0n) is 20.0. The Morgan fingerprint density at radius 3 is 2.29 bits per heavy atom. The van der Waals surface area contributed by atoms with Gasteiger partial charge in [-0.15, -0.1) is 0 Å². The molecule has 1 fully saturated rings. The van der Waals surface area contributed by atoms with Gasteiger partial charge in [-0.25, -0.2) is 8.42 Å². The van der Waals surface area contributed by atoms with Crippen LogP contribution in [-0.2, 0) is 24.1 Å². The van der Waals surface area contributed by atoms with Crippen molar-refractivity contribution in [2.24, 2.45) is 0 Å². The molecule has 1 aliphatic rings. The van der Waals surface area contributed by atoms with Crippen LogP contribution in [0.2, 0.25) is 0 Å². The lowest BCUT2D eigenvalue weighted by molar-refractivity contribution is -0.385. The Kier molecular flexibility index (Phi) is 10.4. The number of amides is 1. The molecule has 1 aromatic rings. The van der Waals surface area contributed by atoms with Crippen molar-refractivity contribution >= 4 is 53.2 Å². The summed E-state index contributed by atoms with van der Waals surface area (Å²) in [5.74, 6) is -1.34. The number of nitro benzene ring substituents is 1. The summed E-state index contributed by atoms with van der Waals surface area (Å²) in [6.07, 6.45) is 0. The Bertz CT molecular complexity index is 1140. The van der Waals surface area contributed by atoms with Gasteiger partial charge in [0.2, 0.25) is 0 Å². The maximum atomic E-state index is 13.3. The van der Waals surface area contributed by atoms with Crippen LogP contribution in [-0.4, -0.2) is 107 Å². The average molecular weight is 600 g/mol. The fourth-order valence-corrected chi connectivity index (χ4v) is 6.08. The van der Waals surface area contributed by atoms with Gasteiger partial charge in [0.15, 0.2) is 9.84 Å². The summed E-state index contributed by atoms with van der Waals surface area (Å²) in [6.45, 7) is 4.88. The monoisotopic (exact) mass is 598 g/mol. The number of piperazine rings is 1. The third-order valence-corrected chi connectivity index (χ3v) is 9.00. The number of hydrogen-bond donors (Lipinski definition) is 0. The molecule has 0 saturated carbocycles. The Morgan fingerprint density at radius 1 is 1.14 bits per heavy atom. The number of nitrogens with zero attached hydrogens (tertiary/aromatic N) is 4. The van der Waals surface area contributed by atoms with E-state index >= 15 is 0 Å². The van der Waals surface area contributed by atoms with Crippen molar-refractivity contribution in [3.63, 3.8) is 0 Å². The summed E-state index contributed by atoms with van der Waals surface area (Å²) < 4.78 is 54.9. The van der Waals surface area contributed by atoms with Crippen LogP contribution in [0.25, 0.3) is 0 Å². The molecule has 0 bridgehead atoms. The number of alkyl halides is 1. The molecule has 1 aromatic carbocycles. The molecule has 0 aromatic heterocycles. The average Bonchev–Trinajstić information content (AvgIpc) is 2.80. The minimum absolute atomic E-state index is 0.0427. The van der Waals surface area contributed by atoms with Gasteiger partial charge in [-0.2, -0.15) is 8.42 Å². The molecular formula is C20H31BrN4O8S2. The summed E-state index contributed by atoms with van der Waals surface area (Å²) in [5.41, 5.74) is -0.802. The van der Waals surface area contributed by atoms with Crippen LogP contribution in [0, 0.1) is 10.1 Å². The highest BCUT2D eigenvalue weighted by Gasteiger charge is 2.33. The fourth-order valence-electron chi connectivity index (χ4n) is 3.63. The molecule has 0 radical (unpaired) electrons. The van der Waals surface area contributed by atoms with E-state index in [1.54, 1.807) is 0 Å². The van der Waals surface area contributed by atoms with Crippen LogP contribution in [0.3, 0.4) is 0 Å². The number of rotatable bonds is 12. The normalized spacial score (nSPS) is 15.3. The van der Waals surface area contributed by atoms with Crippen LogP contribution in [0.4, 0.5) is 11.4 Å². The molecular weight excluding hydrogens is 568 g/mol. The van der Waals surface area contributed by atoms with E-state index in [2.05, 4.69) is 15.9 Å². The number of likely N-dealkylation sites (N-methyl/N-ethyl adjacent to an activating group) is 1. The standard InChI is InChI=1S/C20H31BrN4O8S2/c1-4-33-35(31,32)13-12-23(7-6-21)18-14-16(20(26)24-10-8-22(3)9-11-24)17(25(27)28)15-19(18)34(29,30)5-2/h14-15H,4-13H2,1-3H3. The second-order valence-corrected chi connectivity index (χ2v) is 12.7. The van der Waals surface area contributed by atoms with Gasteiger partial charge in [0.1, 0.15) is 5.56 Å². The van der Waals surface area contributed by atoms with Gasteiger partial charge < -0.3 is 14.7 Å². The first-order chi connectivity index (χ1) is 16.4. The van der Waals surface area contributed by atoms with Crippen LogP contribution in [0.5, 0.6) is 0 Å². The summed E-state index contributed by atoms with van der Waals surface area (Å²) in [6, 6.07) is 2.12. The van der Waals surface area contributed by atoms with Gasteiger partial charge in [0, 0.05) is 50.7 Å². The first-order valence-electron chi connectivity index (χ1n) is 11.1. The number of carbonyl (C=O) groups excluding carboxylic acids is 1. The lowest BCUT2D eigenvalue weighted by Gasteiger charge is -2.33. The number of nitro groups is 1. The largest absolute Gasteiger partial charge is 0.369 e. The van der Waals surface area contributed by atoms with Crippen molar-refractivity contribution in [1.82, 2.24) is 9.80 Å². The minimum Gasteiger partial charge on any atom is -0.369 e. The van der Waals surface area contributed by atoms with E-state index in [4.69, 9.17) is 4.18 Å². The lowest BCUT2D eigenvalue weighted by atomic mass is 10.1. The number of sulfone groups is 1. The van der Waals surface area contributed by atoms with Gasteiger partial charge in [-0.3, -0.25) is 19.1 Å². The van der Waals surface area contributed by atoms with Crippen molar-refractivity contribution in [2.75, 3.05) is 74.7 Å². The Hall–Kier alpha value is -1.81. The number of benzene rings is 1. The van der Waals surface area contributed by atoms with E-state index < -0.39 is 42.2 Å². The molecule has 0 unspecified atom stereocenters. The molecule has 198 valence electrons. The van der Waals surface area contributed by atoms with E-state index in [0.29, 0.717) is 31.5 Å². The predicted molar refractivity (Wildman–Crippen MR) is 136 cm³/mol. The zero-order chi connectivity index (χ0) is 26.4. The predicted octanol–water partition coefficient (Wildman–Crippen LogP) is 1.34. The number of anilines is 1. The van der Waals surface area contributed by atoms with E-state index in [1.807, 2.05) is 11.9 Å². The Balaban J connectivity index is 2.66. The van der Waals surface area contributed by atoms with E-state index in [1.165, 1.54) is 29.7 Å². The molecule has 12 nitrogen and oxygen atoms in total. The maximum Gasteiger partial charge on any atom is 0.283 e. The van der Waals surface area contributed by atoms with E-state index in [0.717, 1.165) is 6.07 Å². The summed E-state index contributed by atoms with van der Waals surface area (Å²) in [5, 5.41) is 12.2. The quantitative estimate of drug-likeness (QED) is 0.149. The molecule has 0 atom stereocenters. The molecule has 0 aliphatic carbocycles. The van der Waals surface area contributed by atoms with Crippen LogP contribution >= 0.6 is 15.9 Å². The molecule has 1 saturated heterocycles. The van der Waals surface area contributed by atoms with Gasteiger partial charge in [-0.1, -0.05) is 22.9 Å². The second-order valence-electron chi connectivity index (χ2n) is 7.94. The van der Waals surface area contributed by atoms with Crippen LogP contribution < -0.4 is 4.90 Å². The van der Waals surface area contributed by atoms with Crippen LogP contribution in [0.1, 0.15) is 24.2 Å². The van der Waals surface area contributed by atoms with Crippen molar-refractivity contribution in [3.8, 4) is 0 Å². The van der Waals surface area contributed by atoms with Gasteiger partial charge in [0.25, 0.3) is 21.7 Å². The third-order valence-electron chi connectivity index (χ3n) is 5.61. The van der Waals surface area contributed by atoms with Gasteiger partial charge in [-0.05, 0) is 20.0 Å². The molecule has 35 heavy (non-hydrogen) atoms. The highest BCUT2D eigenvalue weighted by Crippen LogP contribution is 2.34. The third kappa shape index (κ3) is 7.59. The molecule has 0 spiro atoms. The summed E-state index contributed by atoms with van der Waals surface area (Å²) in [7, 11) is -5.93. The maximum absolute atomic E-state index is 13.3. The molecule has 1 heterocycles. The highest BCUT2D eigenvalue weighted by atomic mass is 79.9. The first kappa shape index (κ1) is 29.4. The molecule has 1 amide bonds. The Labute approximate surface area is 214 Å². The zero-order valence-corrected chi connectivity index (χ0v) is 23.2. The smallest absolute Gasteiger partial charge is 0.283 e. The topological polar surface area (TPSA) is 147 Å². The molecule has 1 aliphatic heterocycles. The number of hydrogen-bond acceptors (Lipinski definition) is 10. The summed E-state index contributed by atoms with van der Waals surface area (Å²) >= 11 is 3.28. The molecule has 0 N–H and O–H groups in total. The first-order valence-corrected chi connectivity index (χ1v) is 15.4. The van der Waals surface area contributed by atoms with Crippen molar-refractivity contribution in [2.45, 2.75) is 18.7 Å². The van der Waals surface area contributed by atoms with Gasteiger partial charge in [0.05, 0.1) is 33.6 Å². The minimum atomic E-state index is -3.96. The van der Waals surface area contributed by atoms with Crippen LogP contribution in [0.15, 0.2) is 17.0 Å². The second kappa shape index (κ2) is 12.4. The fraction of sp³-hybridized carbons (Fsp3) is 0.650. The summed E-state index contributed by atoms with van der Waals surface area (Å²) in [4.78, 5) is 29.1. The highest BCUT2D eigenvalue weighted by molar-refractivity contribution is 9.09. The SMILES string of the molecule is CCOS(=O)(=O)CCN(CCBr)c1cc(C(=O)N2CCN(C)CC2)c([N+](=O)[O-])cc1S(=O)(=O)CC.